The molecule has 4 nitrogen and oxygen atoms in total. The summed E-state index contributed by atoms with van der Waals surface area (Å²) in [5.41, 5.74) is 1.17. The number of hydrogen-bond donors (Lipinski definition) is 1. The van der Waals surface area contributed by atoms with Gasteiger partial charge < -0.3 is 15.0 Å². The van der Waals surface area contributed by atoms with Crippen molar-refractivity contribution in [3.8, 4) is 5.75 Å². The van der Waals surface area contributed by atoms with E-state index in [2.05, 4.69) is 63.9 Å². The Hall–Kier alpha value is -1.13. The SMILES string of the molecule is CN(C)C(C)(C)COc1ccncc1CNC(C)(C)C. The zero-order chi connectivity index (χ0) is 15.4. The van der Waals surface area contributed by atoms with Gasteiger partial charge in [0.2, 0.25) is 0 Å². The monoisotopic (exact) mass is 279 g/mol. The number of nitrogens with one attached hydrogen (secondary N) is 1. The van der Waals surface area contributed by atoms with E-state index in [-0.39, 0.29) is 11.1 Å². The molecule has 1 aromatic rings. The van der Waals surface area contributed by atoms with Gasteiger partial charge in [0.05, 0.1) is 0 Å². The molecule has 1 N–H and O–H groups in total. The smallest absolute Gasteiger partial charge is 0.126 e. The molecule has 4 heteroatoms. The van der Waals surface area contributed by atoms with Crippen LogP contribution < -0.4 is 10.1 Å². The average Bonchev–Trinajstić information content (AvgIpc) is 2.33. The molecule has 0 aliphatic rings. The van der Waals surface area contributed by atoms with Crippen LogP contribution in [0, 0.1) is 0 Å². The molecule has 0 saturated heterocycles. The predicted molar refractivity (Wildman–Crippen MR) is 84.1 cm³/mol. The van der Waals surface area contributed by atoms with Crippen molar-refractivity contribution < 1.29 is 4.74 Å². The van der Waals surface area contributed by atoms with E-state index in [1.807, 2.05) is 12.3 Å². The molecule has 0 fully saturated rings. The molecule has 0 saturated carbocycles. The number of likely N-dealkylation sites (N-methyl/N-ethyl adjacent to an activating group) is 1. The van der Waals surface area contributed by atoms with E-state index in [9.17, 15) is 0 Å². The lowest BCUT2D eigenvalue weighted by Gasteiger charge is -2.32. The number of pyridine rings is 1. The lowest BCUT2D eigenvalue weighted by atomic mass is 10.1. The fourth-order valence-corrected chi connectivity index (χ4v) is 1.43. The van der Waals surface area contributed by atoms with Crippen molar-refractivity contribution >= 4 is 0 Å². The Bertz CT molecular complexity index is 422. The van der Waals surface area contributed by atoms with E-state index in [1.54, 1.807) is 6.20 Å². The summed E-state index contributed by atoms with van der Waals surface area (Å²) < 4.78 is 6.01. The topological polar surface area (TPSA) is 37.4 Å². The van der Waals surface area contributed by atoms with Crippen molar-refractivity contribution in [2.24, 2.45) is 0 Å². The fraction of sp³-hybridized carbons (Fsp3) is 0.688. The Morgan fingerprint density at radius 2 is 1.85 bits per heavy atom. The molecule has 0 amide bonds. The molecule has 0 bridgehead atoms. The third-order valence-corrected chi connectivity index (χ3v) is 3.46. The second-order valence-corrected chi connectivity index (χ2v) is 7.08. The van der Waals surface area contributed by atoms with Gasteiger partial charge in [-0.3, -0.25) is 4.98 Å². The van der Waals surface area contributed by atoms with Crippen LogP contribution in [-0.2, 0) is 6.54 Å². The van der Waals surface area contributed by atoms with Crippen LogP contribution in [0.2, 0.25) is 0 Å². The van der Waals surface area contributed by atoms with Gasteiger partial charge in [0.25, 0.3) is 0 Å². The normalized spacial score (nSPS) is 12.8. The van der Waals surface area contributed by atoms with Gasteiger partial charge >= 0.3 is 0 Å². The molecule has 114 valence electrons. The van der Waals surface area contributed by atoms with Crippen molar-refractivity contribution in [2.45, 2.75) is 52.2 Å². The highest BCUT2D eigenvalue weighted by molar-refractivity contribution is 5.30. The van der Waals surface area contributed by atoms with Gasteiger partial charge in [-0.25, -0.2) is 0 Å². The molecular formula is C16H29N3O. The quantitative estimate of drug-likeness (QED) is 0.869. The van der Waals surface area contributed by atoms with Gasteiger partial charge in [0.15, 0.2) is 0 Å². The Kier molecular flexibility index (Phi) is 5.54. The van der Waals surface area contributed by atoms with E-state index in [0.717, 1.165) is 17.9 Å². The van der Waals surface area contributed by atoms with Crippen molar-refractivity contribution in [2.75, 3.05) is 20.7 Å². The fourth-order valence-electron chi connectivity index (χ4n) is 1.43. The zero-order valence-corrected chi connectivity index (χ0v) is 13.9. The number of nitrogens with zero attached hydrogens (tertiary/aromatic N) is 2. The summed E-state index contributed by atoms with van der Waals surface area (Å²) in [6, 6.07) is 1.94. The van der Waals surface area contributed by atoms with Crippen LogP contribution in [0.4, 0.5) is 0 Å². The molecule has 1 rings (SSSR count). The van der Waals surface area contributed by atoms with Crippen LogP contribution in [0.15, 0.2) is 18.5 Å². The summed E-state index contributed by atoms with van der Waals surface area (Å²) in [6.45, 7) is 12.2. The zero-order valence-electron chi connectivity index (χ0n) is 13.9. The highest BCUT2D eigenvalue weighted by Gasteiger charge is 2.22. The lowest BCUT2D eigenvalue weighted by molar-refractivity contribution is 0.113. The predicted octanol–water partition coefficient (Wildman–Crippen LogP) is 2.69. The van der Waals surface area contributed by atoms with Gasteiger partial charge in [-0.1, -0.05) is 0 Å². The molecule has 0 unspecified atom stereocenters. The summed E-state index contributed by atoms with van der Waals surface area (Å²) >= 11 is 0. The summed E-state index contributed by atoms with van der Waals surface area (Å²) in [5, 5.41) is 3.47. The van der Waals surface area contributed by atoms with Crippen LogP contribution in [0.3, 0.4) is 0 Å². The minimum atomic E-state index is -0.00199. The Balaban J connectivity index is 2.71. The minimum Gasteiger partial charge on any atom is -0.491 e. The second-order valence-electron chi connectivity index (χ2n) is 7.08. The Morgan fingerprint density at radius 3 is 2.40 bits per heavy atom. The third-order valence-electron chi connectivity index (χ3n) is 3.46. The third kappa shape index (κ3) is 5.47. The summed E-state index contributed by atoms with van der Waals surface area (Å²) in [6.07, 6.45) is 3.65. The van der Waals surface area contributed by atoms with Crippen molar-refractivity contribution in [1.29, 1.82) is 0 Å². The summed E-state index contributed by atoms with van der Waals surface area (Å²) in [5.74, 6) is 0.909. The van der Waals surface area contributed by atoms with E-state index in [0.29, 0.717) is 6.61 Å². The summed E-state index contributed by atoms with van der Waals surface area (Å²) in [4.78, 5) is 6.36. The maximum Gasteiger partial charge on any atom is 0.126 e. The Morgan fingerprint density at radius 1 is 1.20 bits per heavy atom. The van der Waals surface area contributed by atoms with Crippen LogP contribution in [0.1, 0.15) is 40.2 Å². The average molecular weight is 279 g/mol. The molecule has 0 spiro atoms. The number of rotatable bonds is 6. The molecular weight excluding hydrogens is 250 g/mol. The number of aromatic nitrogens is 1. The van der Waals surface area contributed by atoms with E-state index in [4.69, 9.17) is 4.74 Å². The van der Waals surface area contributed by atoms with Crippen LogP contribution >= 0.6 is 0 Å². The number of ether oxygens (including phenoxy) is 1. The molecule has 0 radical (unpaired) electrons. The first-order chi connectivity index (χ1) is 9.12. The highest BCUT2D eigenvalue weighted by Crippen LogP contribution is 2.20. The van der Waals surface area contributed by atoms with Crippen LogP contribution in [0.25, 0.3) is 0 Å². The molecule has 0 aliphatic heterocycles. The molecule has 0 aromatic carbocycles. The van der Waals surface area contributed by atoms with Gasteiger partial charge in [0.1, 0.15) is 12.4 Å². The van der Waals surface area contributed by atoms with Crippen molar-refractivity contribution in [1.82, 2.24) is 15.2 Å². The molecule has 20 heavy (non-hydrogen) atoms. The maximum atomic E-state index is 6.01. The molecule has 0 aliphatic carbocycles. The lowest BCUT2D eigenvalue weighted by Crippen LogP contribution is -2.43. The van der Waals surface area contributed by atoms with E-state index >= 15 is 0 Å². The first-order valence-corrected chi connectivity index (χ1v) is 7.10. The molecule has 1 heterocycles. The highest BCUT2D eigenvalue weighted by atomic mass is 16.5. The van der Waals surface area contributed by atoms with Gasteiger partial charge in [-0.05, 0) is 54.8 Å². The van der Waals surface area contributed by atoms with Gasteiger partial charge in [0, 0.05) is 35.6 Å². The second kappa shape index (κ2) is 6.55. The number of hydrogen-bond acceptors (Lipinski definition) is 4. The van der Waals surface area contributed by atoms with Crippen molar-refractivity contribution in [3.63, 3.8) is 0 Å². The van der Waals surface area contributed by atoms with Crippen molar-refractivity contribution in [3.05, 3.63) is 24.0 Å². The standard InChI is InChI=1S/C16H29N3O/c1-15(2,3)18-11-13-10-17-9-8-14(13)20-12-16(4,5)19(6)7/h8-10,18H,11-12H2,1-7H3. The summed E-state index contributed by atoms with van der Waals surface area (Å²) in [7, 11) is 4.13. The van der Waals surface area contributed by atoms with Crippen LogP contribution in [-0.4, -0.2) is 41.7 Å². The van der Waals surface area contributed by atoms with Gasteiger partial charge in [-0.15, -0.1) is 0 Å². The van der Waals surface area contributed by atoms with Crippen LogP contribution in [0.5, 0.6) is 5.75 Å². The van der Waals surface area contributed by atoms with E-state index in [1.165, 1.54) is 0 Å². The molecule has 1 aromatic heterocycles. The van der Waals surface area contributed by atoms with E-state index < -0.39 is 0 Å². The maximum absolute atomic E-state index is 6.01. The first kappa shape index (κ1) is 16.9. The Labute approximate surface area is 123 Å². The first-order valence-electron chi connectivity index (χ1n) is 7.10. The molecule has 0 atom stereocenters. The minimum absolute atomic E-state index is 0.00199. The largest absolute Gasteiger partial charge is 0.491 e. The van der Waals surface area contributed by atoms with Gasteiger partial charge in [-0.2, -0.15) is 0 Å².